The third-order valence-electron chi connectivity index (χ3n) is 22.8. The van der Waals surface area contributed by atoms with Crippen LogP contribution in [0.15, 0.2) is 36.4 Å². The molecule has 0 N–H and O–H groups in total. The molecule has 0 spiro atoms. The molecule has 8 bridgehead atoms. The molecular weight excluding hydrogens is 889 g/mol. The van der Waals surface area contributed by atoms with Crippen LogP contribution in [0.4, 0.5) is 11.4 Å². The maximum Gasteiger partial charge on any atom is 0.193 e. The standard InChI is InChI=1S/C67H52N6/c1-67(2)42-24-41-59-45(21-37(27-68)49-29-5-13-33(14-6-29)53(49)59)72-46-22-38(28-69)50-30-7-15-34(16-8-30)54(50)60(46)62(65(41)72)57(42)39-23-40-58-47(25-43(70-3)51-31-9-17-35(18-10-31)55(51)58)73-48-26-44(71-4)52-32-11-19-36(20-12-32)56(52)61(48)63(64(39)67)66(40)73/h21-26,29-36H,5-20H2,1-2H3. The van der Waals surface area contributed by atoms with Crippen LogP contribution in [0.25, 0.3) is 97.0 Å². The van der Waals surface area contributed by atoms with Gasteiger partial charge in [0.15, 0.2) is 11.4 Å². The smallest absolute Gasteiger partial charge is 0.193 e. The topological polar surface area (TPSA) is 65.1 Å². The van der Waals surface area contributed by atoms with Gasteiger partial charge in [-0.05, 0) is 253 Å². The van der Waals surface area contributed by atoms with E-state index in [1.165, 1.54) is 216 Å². The molecule has 13 aliphatic rings. The van der Waals surface area contributed by atoms with E-state index in [4.69, 9.17) is 13.1 Å². The molecule has 6 nitrogen and oxygen atoms in total. The molecule has 23 rings (SSSR count). The molecule has 73 heavy (non-hydrogen) atoms. The van der Waals surface area contributed by atoms with Crippen molar-refractivity contribution < 1.29 is 0 Å². The molecular formula is C67H52N6. The van der Waals surface area contributed by atoms with E-state index in [0.717, 1.165) is 51.9 Å². The zero-order valence-electron chi connectivity index (χ0n) is 41.6. The Labute approximate surface area is 423 Å². The van der Waals surface area contributed by atoms with Crippen molar-refractivity contribution in [3.63, 3.8) is 0 Å². The number of rotatable bonds is 0. The summed E-state index contributed by atoms with van der Waals surface area (Å²) >= 11 is 0. The molecule has 0 saturated heterocycles. The lowest BCUT2D eigenvalue weighted by atomic mass is 9.64. The number of nitriles is 2. The van der Waals surface area contributed by atoms with Crippen molar-refractivity contribution in [2.75, 3.05) is 0 Å². The molecule has 13 aliphatic carbocycles. The summed E-state index contributed by atoms with van der Waals surface area (Å²) in [6, 6.07) is 20.0. The molecule has 0 aliphatic heterocycles. The maximum absolute atomic E-state index is 11.2. The van der Waals surface area contributed by atoms with Gasteiger partial charge >= 0.3 is 0 Å². The van der Waals surface area contributed by atoms with E-state index in [0.29, 0.717) is 47.3 Å². The Morgan fingerprint density at radius 1 is 0.438 bits per heavy atom. The highest BCUT2D eigenvalue weighted by Gasteiger charge is 2.48. The van der Waals surface area contributed by atoms with Crippen LogP contribution < -0.4 is 0 Å². The normalized spacial score (nSPS) is 27.3. The number of fused-ring (bicyclic) bond motifs is 25. The highest BCUT2D eigenvalue weighted by molar-refractivity contribution is 6.34. The summed E-state index contributed by atoms with van der Waals surface area (Å²) in [5.41, 5.74) is 27.0. The van der Waals surface area contributed by atoms with Crippen LogP contribution >= 0.6 is 0 Å². The Morgan fingerprint density at radius 2 is 0.795 bits per heavy atom. The number of nitrogens with zero attached hydrogens (tertiary/aromatic N) is 6. The first kappa shape index (κ1) is 39.4. The minimum Gasteiger partial charge on any atom is -0.310 e. The first-order valence-corrected chi connectivity index (χ1v) is 28.2. The molecule has 4 fully saturated rings. The van der Waals surface area contributed by atoms with Gasteiger partial charge in [-0.2, -0.15) is 10.5 Å². The van der Waals surface area contributed by atoms with E-state index in [-0.39, 0.29) is 0 Å². The van der Waals surface area contributed by atoms with Gasteiger partial charge in [0, 0.05) is 59.5 Å². The summed E-state index contributed by atoms with van der Waals surface area (Å²) in [5.74, 6) is 3.43. The van der Waals surface area contributed by atoms with Gasteiger partial charge in [-0.1, -0.05) is 13.8 Å². The van der Waals surface area contributed by atoms with Gasteiger partial charge in [0.1, 0.15) is 0 Å². The molecule has 0 amide bonds. The maximum atomic E-state index is 11.2. The molecule has 10 aromatic rings. The van der Waals surface area contributed by atoms with Gasteiger partial charge in [-0.25, -0.2) is 9.69 Å². The summed E-state index contributed by atoms with van der Waals surface area (Å²) in [6.07, 6.45) is 18.8. The van der Waals surface area contributed by atoms with E-state index in [1.807, 2.05) is 0 Å². The lowest BCUT2D eigenvalue weighted by Crippen LogP contribution is -2.23. The lowest BCUT2D eigenvalue weighted by Gasteiger charge is -2.40. The summed E-state index contributed by atoms with van der Waals surface area (Å²) in [6.45, 7) is 22.6. The zero-order valence-corrected chi connectivity index (χ0v) is 41.6. The number of benzene rings is 6. The van der Waals surface area contributed by atoms with Gasteiger partial charge in [0.25, 0.3) is 0 Å². The summed E-state index contributed by atoms with van der Waals surface area (Å²) in [4.78, 5) is 8.79. The van der Waals surface area contributed by atoms with Gasteiger partial charge < -0.3 is 8.80 Å². The second-order valence-electron chi connectivity index (χ2n) is 25.6. The second-order valence-corrected chi connectivity index (χ2v) is 25.6. The van der Waals surface area contributed by atoms with Crippen LogP contribution in [0.2, 0.25) is 0 Å². The van der Waals surface area contributed by atoms with E-state index < -0.39 is 5.41 Å². The third kappa shape index (κ3) is 4.14. The Kier molecular flexibility index (Phi) is 6.81. The molecule has 6 aromatic carbocycles. The van der Waals surface area contributed by atoms with Gasteiger partial charge in [-0.3, -0.25) is 0 Å². The minimum absolute atomic E-state index is 0.393. The van der Waals surface area contributed by atoms with Crippen LogP contribution in [-0.2, 0) is 5.41 Å². The van der Waals surface area contributed by atoms with Gasteiger partial charge in [0.05, 0.1) is 58.5 Å². The van der Waals surface area contributed by atoms with Crippen LogP contribution in [0.5, 0.6) is 0 Å². The van der Waals surface area contributed by atoms with Crippen molar-refractivity contribution >= 4 is 87.6 Å². The van der Waals surface area contributed by atoms with Crippen LogP contribution in [0, 0.1) is 35.8 Å². The van der Waals surface area contributed by atoms with Gasteiger partial charge in [-0.15, -0.1) is 0 Å². The fraction of sp³-hybridized carbons (Fsp3) is 0.403. The average molecular weight is 941 g/mol. The molecule has 350 valence electrons. The average Bonchev–Trinajstić information content (AvgIpc) is 4.22. The highest BCUT2D eigenvalue weighted by atomic mass is 14.9. The third-order valence-corrected chi connectivity index (χ3v) is 22.8. The van der Waals surface area contributed by atoms with Crippen LogP contribution in [0.3, 0.4) is 0 Å². The Hall–Kier alpha value is -7.12. The highest BCUT2D eigenvalue weighted by Crippen LogP contribution is 2.66. The summed E-state index contributed by atoms with van der Waals surface area (Å²) < 4.78 is 5.16. The van der Waals surface area contributed by atoms with E-state index in [9.17, 15) is 10.5 Å². The predicted octanol–water partition coefficient (Wildman–Crippen LogP) is 18.2. The minimum atomic E-state index is -0.393. The number of hydrogen-bond acceptors (Lipinski definition) is 2. The van der Waals surface area contributed by atoms with E-state index in [1.54, 1.807) is 0 Å². The Balaban J connectivity index is 1.07. The first-order valence-electron chi connectivity index (χ1n) is 28.2. The lowest BCUT2D eigenvalue weighted by molar-refractivity contribution is 0.360. The molecule has 0 unspecified atom stereocenters. The van der Waals surface area contributed by atoms with Crippen LogP contribution in [-0.4, -0.2) is 8.80 Å². The Morgan fingerprint density at radius 3 is 1.27 bits per heavy atom. The quantitative estimate of drug-likeness (QED) is 0.142. The first-order chi connectivity index (χ1) is 35.8. The molecule has 4 saturated carbocycles. The van der Waals surface area contributed by atoms with Crippen molar-refractivity contribution in [1.29, 1.82) is 10.5 Å². The Bertz CT molecular complexity index is 4570. The van der Waals surface area contributed by atoms with Crippen molar-refractivity contribution in [3.05, 3.63) is 126 Å². The fourth-order valence-corrected chi connectivity index (χ4v) is 20.2. The number of hydrogen-bond donors (Lipinski definition) is 0. The summed E-state index contributed by atoms with van der Waals surface area (Å²) in [5, 5.41) is 33.2. The molecule has 4 heterocycles. The fourth-order valence-electron chi connectivity index (χ4n) is 20.2. The van der Waals surface area contributed by atoms with Crippen molar-refractivity contribution in [3.8, 4) is 23.3 Å². The molecule has 4 aromatic heterocycles. The molecule has 0 radical (unpaired) electrons. The van der Waals surface area contributed by atoms with Crippen LogP contribution in [0.1, 0.15) is 231 Å². The van der Waals surface area contributed by atoms with Gasteiger partial charge in [0.2, 0.25) is 0 Å². The predicted molar refractivity (Wildman–Crippen MR) is 291 cm³/mol. The second kappa shape index (κ2) is 12.6. The van der Waals surface area contributed by atoms with E-state index in [2.05, 4.69) is 80.9 Å². The monoisotopic (exact) mass is 940 g/mol. The molecule has 0 atom stereocenters. The van der Waals surface area contributed by atoms with E-state index >= 15 is 0 Å². The largest absolute Gasteiger partial charge is 0.310 e. The summed E-state index contributed by atoms with van der Waals surface area (Å²) in [7, 11) is 0. The zero-order chi connectivity index (χ0) is 48.0. The van der Waals surface area contributed by atoms with Crippen molar-refractivity contribution in [2.24, 2.45) is 0 Å². The van der Waals surface area contributed by atoms with Crippen molar-refractivity contribution in [1.82, 2.24) is 8.80 Å². The SMILES string of the molecule is [C-]#[N+]c1cc2c(c3c1C1CCC3CC1)c1cc3c(c4c5c6c(c([N+]#[C-])cc5n2c14)C1CCC6CC1)C(C)(C)c1cc2c4c5c(c(C#N)cc4n4c6cc(C#N)c7c(c6c(c1-3)c24)C1CCC7CC1)C1CCC5CC1. The number of aromatic nitrogens is 2. The van der Waals surface area contributed by atoms with Crippen molar-refractivity contribution in [2.45, 2.75) is 169 Å². The molecule has 6 heteroatoms.